The van der Waals surface area contributed by atoms with Crippen molar-refractivity contribution in [1.82, 2.24) is 5.06 Å². The van der Waals surface area contributed by atoms with E-state index < -0.39 is 49.1 Å². The van der Waals surface area contributed by atoms with Crippen LogP contribution in [0.3, 0.4) is 0 Å². The first-order chi connectivity index (χ1) is 17.3. The van der Waals surface area contributed by atoms with Gasteiger partial charge in [-0.1, -0.05) is 12.1 Å². The van der Waals surface area contributed by atoms with Crippen LogP contribution in [0, 0.1) is 10.1 Å². The lowest BCUT2D eigenvalue weighted by Crippen LogP contribution is -2.44. The Kier molecular flexibility index (Phi) is 6.30. The van der Waals surface area contributed by atoms with Crippen molar-refractivity contribution < 1.29 is 54.7 Å². The van der Waals surface area contributed by atoms with E-state index in [0.29, 0.717) is 5.56 Å². The number of alkyl halides is 3. The molecule has 2 amide bonds. The van der Waals surface area contributed by atoms with Gasteiger partial charge in [-0.05, 0) is 41.3 Å². The lowest BCUT2D eigenvalue weighted by molar-refractivity contribution is -0.384. The van der Waals surface area contributed by atoms with Crippen LogP contribution in [0.1, 0.15) is 26.3 Å². The Bertz CT molecular complexity index is 1570. The van der Waals surface area contributed by atoms with Crippen molar-refractivity contribution in [2.45, 2.75) is 12.1 Å². The number of amides is 2. The van der Waals surface area contributed by atoms with Crippen molar-refractivity contribution in [2.75, 3.05) is 0 Å². The minimum atomic E-state index is -6.36. The van der Waals surface area contributed by atoms with Gasteiger partial charge in [0.2, 0.25) is 0 Å². The van der Waals surface area contributed by atoms with E-state index in [1.165, 1.54) is 42.5 Å². The molecule has 3 aromatic carbocycles. The molecule has 12 nitrogen and oxygen atoms in total. The maximum atomic E-state index is 12.8. The summed E-state index contributed by atoms with van der Waals surface area (Å²) in [6.07, 6.45) is -1.27. The third-order valence-corrected chi connectivity index (χ3v) is 5.85. The zero-order chi connectivity index (χ0) is 27.1. The van der Waals surface area contributed by atoms with Gasteiger partial charge in [-0.3, -0.25) is 19.7 Å². The van der Waals surface area contributed by atoms with Gasteiger partial charge in [-0.2, -0.15) is 21.6 Å². The fraction of sp³-hybridized carbons (Fsp3) is 0.0952. The summed E-state index contributed by atoms with van der Waals surface area (Å²) in [4.78, 5) is 47.6. The van der Waals surface area contributed by atoms with Crippen molar-refractivity contribution in [3.05, 3.63) is 81.4 Å². The van der Waals surface area contributed by atoms with Gasteiger partial charge in [-0.25, -0.2) is 4.79 Å². The predicted molar refractivity (Wildman–Crippen MR) is 114 cm³/mol. The summed E-state index contributed by atoms with van der Waals surface area (Å²) in [6.45, 7) is -0.342. The number of hydroxylamine groups is 2. The van der Waals surface area contributed by atoms with Crippen molar-refractivity contribution in [3.8, 4) is 5.75 Å². The number of hydrogen-bond donors (Lipinski definition) is 0. The van der Waals surface area contributed by atoms with E-state index in [0.717, 1.165) is 12.1 Å². The van der Waals surface area contributed by atoms with Gasteiger partial charge in [0.15, 0.2) is 0 Å². The van der Waals surface area contributed by atoms with E-state index >= 15 is 0 Å². The van der Waals surface area contributed by atoms with Crippen LogP contribution in [0.2, 0.25) is 0 Å². The van der Waals surface area contributed by atoms with Crippen LogP contribution in [0.5, 0.6) is 5.75 Å². The second kappa shape index (κ2) is 9.14. The summed E-state index contributed by atoms with van der Waals surface area (Å²) in [5, 5.41) is 10.3. The van der Waals surface area contributed by atoms with Gasteiger partial charge in [-0.15, -0.1) is 9.35 Å². The van der Waals surface area contributed by atoms with Gasteiger partial charge in [0.25, 0.3) is 17.5 Å². The SMILES string of the molecule is O=C(OCc1ccc([N+](=O)[O-])cc1)Oc1cc2c3c(cccc3c1)C(=O)N(OS(=O)(=O)C(F)(F)F)C2=O. The summed E-state index contributed by atoms with van der Waals surface area (Å²) in [7, 11) is -6.36. The number of nitrogens with zero attached hydrogens (tertiary/aromatic N) is 2. The molecule has 1 aliphatic rings. The van der Waals surface area contributed by atoms with Crippen LogP contribution in [-0.2, 0) is 25.7 Å². The van der Waals surface area contributed by atoms with Crippen molar-refractivity contribution in [2.24, 2.45) is 0 Å². The quantitative estimate of drug-likeness (QED) is 0.112. The zero-order valence-corrected chi connectivity index (χ0v) is 18.7. The number of ether oxygens (including phenoxy) is 2. The molecule has 0 aromatic heterocycles. The molecule has 1 aliphatic heterocycles. The van der Waals surface area contributed by atoms with E-state index in [1.54, 1.807) is 0 Å². The highest BCUT2D eigenvalue weighted by Crippen LogP contribution is 2.35. The Labute approximate surface area is 204 Å². The first kappa shape index (κ1) is 25.5. The molecule has 0 bridgehead atoms. The van der Waals surface area contributed by atoms with Gasteiger partial charge in [0, 0.05) is 17.5 Å². The highest BCUT2D eigenvalue weighted by atomic mass is 32.2. The number of imide groups is 1. The second-order valence-electron chi connectivity index (χ2n) is 7.32. The third kappa shape index (κ3) is 4.91. The summed E-state index contributed by atoms with van der Waals surface area (Å²) >= 11 is 0. The molecule has 0 saturated heterocycles. The van der Waals surface area contributed by atoms with Crippen LogP contribution in [0.4, 0.5) is 23.7 Å². The van der Waals surface area contributed by atoms with Crippen LogP contribution in [0.15, 0.2) is 54.6 Å². The molecule has 192 valence electrons. The molecule has 16 heteroatoms. The maximum Gasteiger partial charge on any atom is 0.525 e. The number of hydrogen-bond acceptors (Lipinski definition) is 10. The Balaban J connectivity index is 1.59. The number of nitro benzene ring substituents is 1. The maximum absolute atomic E-state index is 12.8. The highest BCUT2D eigenvalue weighted by molar-refractivity contribution is 7.87. The molecule has 0 saturated carbocycles. The van der Waals surface area contributed by atoms with Gasteiger partial charge < -0.3 is 9.47 Å². The number of benzene rings is 3. The monoisotopic (exact) mass is 540 g/mol. The molecular weight excluding hydrogens is 529 g/mol. The minimum absolute atomic E-state index is 0.0339. The number of non-ortho nitro benzene ring substituents is 1. The van der Waals surface area contributed by atoms with Gasteiger partial charge in [0.1, 0.15) is 12.4 Å². The molecule has 3 aromatic rings. The van der Waals surface area contributed by atoms with Crippen LogP contribution in [0.25, 0.3) is 10.8 Å². The number of halogens is 3. The van der Waals surface area contributed by atoms with E-state index in [-0.39, 0.29) is 34.4 Å². The van der Waals surface area contributed by atoms with Crippen LogP contribution >= 0.6 is 0 Å². The number of carbonyl (C=O) groups excluding carboxylic acids is 3. The van der Waals surface area contributed by atoms with Crippen LogP contribution in [-0.4, -0.2) is 41.9 Å². The highest BCUT2D eigenvalue weighted by Gasteiger charge is 2.51. The largest absolute Gasteiger partial charge is 0.525 e. The lowest BCUT2D eigenvalue weighted by Gasteiger charge is -2.25. The van der Waals surface area contributed by atoms with Gasteiger partial charge in [0.05, 0.1) is 16.1 Å². The fourth-order valence-electron chi connectivity index (χ4n) is 3.31. The summed E-state index contributed by atoms with van der Waals surface area (Å²) in [5.74, 6) is -3.33. The van der Waals surface area contributed by atoms with E-state index in [4.69, 9.17) is 9.47 Å². The topological polar surface area (TPSA) is 159 Å². The van der Waals surface area contributed by atoms with E-state index in [2.05, 4.69) is 4.28 Å². The molecule has 37 heavy (non-hydrogen) atoms. The lowest BCUT2D eigenvalue weighted by atomic mass is 9.95. The molecular formula is C21H11F3N2O10S. The standard InChI is InChI=1S/C21H11F3N2O10S/c22-21(23,24)37(32,33)36-25-18(27)15-3-1-2-12-8-14(9-16(17(12)15)19(25)28)35-20(29)34-10-11-4-6-13(7-5-11)26(30)31/h1-9H,10H2. The van der Waals surface area contributed by atoms with Gasteiger partial charge >= 0.3 is 21.8 Å². The first-order valence-corrected chi connectivity index (χ1v) is 11.2. The van der Waals surface area contributed by atoms with Crippen LogP contribution < -0.4 is 4.74 Å². The minimum Gasteiger partial charge on any atom is -0.429 e. The van der Waals surface area contributed by atoms with Crippen molar-refractivity contribution in [3.63, 3.8) is 0 Å². The number of rotatable bonds is 6. The van der Waals surface area contributed by atoms with Crippen molar-refractivity contribution in [1.29, 1.82) is 0 Å². The molecule has 0 N–H and O–H groups in total. The first-order valence-electron chi connectivity index (χ1n) is 9.83. The molecule has 4 rings (SSSR count). The van der Waals surface area contributed by atoms with Crippen molar-refractivity contribution >= 4 is 44.5 Å². The summed E-state index contributed by atoms with van der Waals surface area (Å²) in [5.41, 5.74) is -6.54. The van der Waals surface area contributed by atoms with E-state index in [9.17, 15) is 46.1 Å². The molecule has 0 fully saturated rings. The smallest absolute Gasteiger partial charge is 0.429 e. The Hall–Kier alpha value is -4.57. The average molecular weight is 540 g/mol. The Morgan fingerprint density at radius 3 is 2.27 bits per heavy atom. The summed E-state index contributed by atoms with van der Waals surface area (Å²) in [6, 6.07) is 11.0. The second-order valence-corrected chi connectivity index (χ2v) is 8.84. The number of carbonyl (C=O) groups is 3. The Morgan fingerprint density at radius 1 is 1.00 bits per heavy atom. The normalized spacial score (nSPS) is 13.5. The third-order valence-electron chi connectivity index (χ3n) is 4.94. The zero-order valence-electron chi connectivity index (χ0n) is 17.9. The Morgan fingerprint density at radius 2 is 1.65 bits per heavy atom. The predicted octanol–water partition coefficient (Wildman–Crippen LogP) is 3.84. The summed E-state index contributed by atoms with van der Waals surface area (Å²) < 4.78 is 74.8. The number of nitro groups is 1. The molecule has 0 atom stereocenters. The molecule has 0 unspecified atom stereocenters. The molecule has 0 spiro atoms. The molecule has 0 radical (unpaired) electrons. The molecule has 1 heterocycles. The average Bonchev–Trinajstić information content (AvgIpc) is 2.83. The van der Waals surface area contributed by atoms with E-state index in [1.807, 2.05) is 0 Å². The fourth-order valence-corrected chi connectivity index (χ4v) is 3.72. The molecule has 0 aliphatic carbocycles.